The fourth-order valence-corrected chi connectivity index (χ4v) is 3.27. The molecule has 0 aliphatic rings. The molecule has 4 rings (SSSR count). The number of benzene rings is 2. The maximum Gasteiger partial charge on any atom is 0.344 e. The van der Waals surface area contributed by atoms with Gasteiger partial charge < -0.3 is 10.5 Å². The third-order valence-corrected chi connectivity index (χ3v) is 4.64. The molecule has 4 aromatic rings. The Balaban J connectivity index is 2.10. The first-order chi connectivity index (χ1) is 13.5. The highest BCUT2D eigenvalue weighted by Gasteiger charge is 2.26. The van der Waals surface area contributed by atoms with E-state index < -0.39 is 5.97 Å². The van der Waals surface area contributed by atoms with Crippen molar-refractivity contribution in [2.24, 2.45) is 0 Å². The van der Waals surface area contributed by atoms with E-state index in [2.05, 4.69) is 11.6 Å². The molecule has 2 N–H and O–H groups in total. The highest BCUT2D eigenvalue weighted by molar-refractivity contribution is 6.09. The van der Waals surface area contributed by atoms with Crippen molar-refractivity contribution in [3.63, 3.8) is 0 Å². The van der Waals surface area contributed by atoms with Crippen LogP contribution in [0.1, 0.15) is 21.5 Å². The van der Waals surface area contributed by atoms with Gasteiger partial charge in [-0.15, -0.1) is 0 Å². The summed E-state index contributed by atoms with van der Waals surface area (Å²) in [5.74, 6) is -0.288. The van der Waals surface area contributed by atoms with Crippen LogP contribution >= 0.6 is 0 Å². The highest BCUT2D eigenvalue weighted by atomic mass is 16.5. The van der Waals surface area contributed by atoms with E-state index in [0.717, 1.165) is 22.3 Å². The van der Waals surface area contributed by atoms with Crippen LogP contribution in [0.3, 0.4) is 0 Å². The Hall–Kier alpha value is -3.67. The Morgan fingerprint density at radius 3 is 2.61 bits per heavy atom. The molecule has 0 unspecified atom stereocenters. The zero-order valence-electron chi connectivity index (χ0n) is 15.8. The van der Waals surface area contributed by atoms with E-state index in [1.54, 1.807) is 4.57 Å². The molecule has 2 heterocycles. The van der Waals surface area contributed by atoms with Gasteiger partial charge in [-0.2, -0.15) is 0 Å². The summed E-state index contributed by atoms with van der Waals surface area (Å²) in [6.07, 6.45) is 1.51. The van der Waals surface area contributed by atoms with E-state index in [1.807, 2.05) is 56.3 Å². The minimum Gasteiger partial charge on any atom is -0.458 e. The molecule has 6 nitrogen and oxygen atoms in total. The molecule has 0 bridgehead atoms. The topological polar surface area (TPSA) is 83.0 Å². The fourth-order valence-electron chi connectivity index (χ4n) is 3.27. The maximum absolute atomic E-state index is 12.7. The summed E-state index contributed by atoms with van der Waals surface area (Å²) in [7, 11) is 0. The van der Waals surface area contributed by atoms with Gasteiger partial charge in [0.2, 0.25) is 0 Å². The highest BCUT2D eigenvalue weighted by Crippen LogP contribution is 2.32. The first kappa shape index (κ1) is 17.7. The number of para-hydroxylation sites is 2. The van der Waals surface area contributed by atoms with Crippen LogP contribution in [0.4, 0.5) is 5.82 Å². The van der Waals surface area contributed by atoms with Crippen molar-refractivity contribution in [3.05, 3.63) is 71.8 Å². The minimum absolute atomic E-state index is 0.0927. The van der Waals surface area contributed by atoms with Gasteiger partial charge in [0.05, 0.1) is 16.7 Å². The summed E-state index contributed by atoms with van der Waals surface area (Å²) in [6, 6.07) is 13.6. The van der Waals surface area contributed by atoms with Crippen LogP contribution in [-0.4, -0.2) is 27.1 Å². The number of carbonyl (C=O) groups is 1. The van der Waals surface area contributed by atoms with Crippen LogP contribution in [0.25, 0.3) is 27.9 Å². The molecule has 2 aromatic heterocycles. The zero-order valence-corrected chi connectivity index (χ0v) is 15.8. The third-order valence-electron chi connectivity index (χ3n) is 4.64. The van der Waals surface area contributed by atoms with E-state index in [1.165, 1.54) is 6.08 Å². The molecule has 0 spiro atoms. The van der Waals surface area contributed by atoms with Crippen molar-refractivity contribution in [2.45, 2.75) is 13.8 Å². The van der Waals surface area contributed by atoms with E-state index in [0.29, 0.717) is 16.7 Å². The van der Waals surface area contributed by atoms with Gasteiger partial charge >= 0.3 is 5.97 Å². The van der Waals surface area contributed by atoms with Crippen molar-refractivity contribution in [3.8, 4) is 5.69 Å². The smallest absolute Gasteiger partial charge is 0.344 e. The number of hydrogen-bond acceptors (Lipinski definition) is 5. The molecular formula is C22H20N4O2. The molecule has 140 valence electrons. The molecule has 0 radical (unpaired) electrons. The van der Waals surface area contributed by atoms with Crippen LogP contribution in [0, 0.1) is 13.8 Å². The maximum atomic E-state index is 12.7. The van der Waals surface area contributed by atoms with Crippen LogP contribution in [-0.2, 0) is 4.74 Å². The Labute approximate surface area is 162 Å². The third kappa shape index (κ3) is 2.79. The Morgan fingerprint density at radius 2 is 1.89 bits per heavy atom. The lowest BCUT2D eigenvalue weighted by atomic mass is 10.1. The summed E-state index contributed by atoms with van der Waals surface area (Å²) in [6.45, 7) is 7.67. The quantitative estimate of drug-likeness (QED) is 0.430. The molecule has 0 saturated carbocycles. The number of ether oxygens (including phenoxy) is 1. The van der Waals surface area contributed by atoms with Gasteiger partial charge in [0.25, 0.3) is 0 Å². The molecular weight excluding hydrogens is 352 g/mol. The second-order valence-electron chi connectivity index (χ2n) is 6.66. The summed E-state index contributed by atoms with van der Waals surface area (Å²) in [5.41, 5.74) is 12.0. The number of carbonyl (C=O) groups excluding carboxylic acids is 1. The van der Waals surface area contributed by atoms with Crippen LogP contribution < -0.4 is 5.73 Å². The molecule has 2 aromatic carbocycles. The SMILES string of the molecule is C=CCOC(=O)c1c(N)n(-c2cc(C)ccc2C)c2nc3ccccc3nc12. The molecule has 0 amide bonds. The number of esters is 1. The van der Waals surface area contributed by atoms with Crippen molar-refractivity contribution in [1.29, 1.82) is 0 Å². The van der Waals surface area contributed by atoms with Gasteiger partial charge in [0.1, 0.15) is 23.5 Å². The lowest BCUT2D eigenvalue weighted by Gasteiger charge is -2.12. The first-order valence-electron chi connectivity index (χ1n) is 8.93. The standard InChI is InChI=1S/C22H20N4O2/c1-4-11-28-22(27)18-19-21(25-16-8-6-5-7-15(16)24-19)26(20(18)23)17-12-13(2)9-10-14(17)3/h4-10,12H,1,11,23H2,2-3H3. The Kier molecular flexibility index (Phi) is 4.31. The van der Waals surface area contributed by atoms with Crippen molar-refractivity contribution in [1.82, 2.24) is 14.5 Å². The van der Waals surface area contributed by atoms with E-state index >= 15 is 0 Å². The number of rotatable bonds is 4. The number of hydrogen-bond donors (Lipinski definition) is 1. The normalized spacial score (nSPS) is 11.1. The average Bonchev–Trinajstić information content (AvgIpc) is 2.97. The minimum atomic E-state index is -0.545. The number of nitrogens with zero attached hydrogens (tertiary/aromatic N) is 3. The predicted octanol–water partition coefficient (Wildman–Crippen LogP) is 4.12. The lowest BCUT2D eigenvalue weighted by Crippen LogP contribution is -2.10. The molecule has 0 fully saturated rings. The molecule has 0 atom stereocenters. The van der Waals surface area contributed by atoms with Crippen LogP contribution in [0.5, 0.6) is 0 Å². The summed E-state index contributed by atoms with van der Waals surface area (Å²) < 4.78 is 7.04. The number of aromatic nitrogens is 3. The summed E-state index contributed by atoms with van der Waals surface area (Å²) in [5, 5.41) is 0. The van der Waals surface area contributed by atoms with E-state index in [9.17, 15) is 4.79 Å². The van der Waals surface area contributed by atoms with Gasteiger partial charge in [0.15, 0.2) is 5.65 Å². The lowest BCUT2D eigenvalue weighted by molar-refractivity contribution is 0.0553. The Bertz CT molecular complexity index is 1240. The van der Waals surface area contributed by atoms with Gasteiger partial charge in [0, 0.05) is 0 Å². The number of nitrogen functional groups attached to an aromatic ring is 1. The molecule has 0 aliphatic carbocycles. The number of nitrogens with two attached hydrogens (primary N) is 1. The van der Waals surface area contributed by atoms with Crippen molar-refractivity contribution >= 4 is 34.0 Å². The van der Waals surface area contributed by atoms with Gasteiger partial charge in [-0.05, 0) is 43.2 Å². The van der Waals surface area contributed by atoms with Crippen LogP contribution in [0.2, 0.25) is 0 Å². The predicted molar refractivity (Wildman–Crippen MR) is 111 cm³/mol. The molecule has 6 heteroatoms. The zero-order chi connectivity index (χ0) is 19.8. The first-order valence-corrected chi connectivity index (χ1v) is 8.93. The number of anilines is 1. The molecule has 0 saturated heterocycles. The van der Waals surface area contributed by atoms with Crippen molar-refractivity contribution in [2.75, 3.05) is 12.3 Å². The van der Waals surface area contributed by atoms with Crippen molar-refractivity contribution < 1.29 is 9.53 Å². The van der Waals surface area contributed by atoms with E-state index in [4.69, 9.17) is 15.5 Å². The fraction of sp³-hybridized carbons (Fsp3) is 0.136. The Morgan fingerprint density at radius 1 is 1.18 bits per heavy atom. The van der Waals surface area contributed by atoms with Gasteiger partial charge in [-0.3, -0.25) is 4.57 Å². The summed E-state index contributed by atoms with van der Waals surface area (Å²) >= 11 is 0. The van der Waals surface area contributed by atoms with Gasteiger partial charge in [-0.25, -0.2) is 14.8 Å². The largest absolute Gasteiger partial charge is 0.458 e. The summed E-state index contributed by atoms with van der Waals surface area (Å²) in [4.78, 5) is 22.2. The second kappa shape index (κ2) is 6.81. The van der Waals surface area contributed by atoms with Crippen LogP contribution in [0.15, 0.2) is 55.1 Å². The number of aryl methyl sites for hydroxylation is 2. The molecule has 28 heavy (non-hydrogen) atoms. The average molecular weight is 372 g/mol. The monoisotopic (exact) mass is 372 g/mol. The van der Waals surface area contributed by atoms with E-state index in [-0.39, 0.29) is 18.0 Å². The molecule has 0 aliphatic heterocycles. The second-order valence-corrected chi connectivity index (χ2v) is 6.66. The number of fused-ring (bicyclic) bond motifs is 2. The van der Waals surface area contributed by atoms with Gasteiger partial charge in [-0.1, -0.05) is 36.9 Å².